The number of likely N-dealkylation sites (tertiary alicyclic amines) is 1. The van der Waals surface area contributed by atoms with Crippen molar-refractivity contribution in [3.63, 3.8) is 0 Å². The van der Waals surface area contributed by atoms with Crippen LogP contribution in [0.1, 0.15) is 62.1 Å². The molecule has 0 spiro atoms. The van der Waals surface area contributed by atoms with E-state index in [4.69, 9.17) is 19.7 Å². The van der Waals surface area contributed by atoms with Crippen LogP contribution in [0.3, 0.4) is 0 Å². The molecule has 5 rings (SSSR count). The van der Waals surface area contributed by atoms with Crippen molar-refractivity contribution in [1.82, 2.24) is 15.1 Å². The second kappa shape index (κ2) is 10.1. The monoisotopic (exact) mass is 447 g/mol. The first-order valence-corrected chi connectivity index (χ1v) is 12.4. The molecular weight excluding hydrogens is 414 g/mol. The van der Waals surface area contributed by atoms with E-state index in [-0.39, 0.29) is 6.79 Å². The van der Waals surface area contributed by atoms with Gasteiger partial charge < -0.3 is 14.8 Å². The van der Waals surface area contributed by atoms with Gasteiger partial charge in [-0.15, -0.1) is 10.2 Å². The summed E-state index contributed by atoms with van der Waals surface area (Å²) >= 11 is 0. The van der Waals surface area contributed by atoms with E-state index in [9.17, 15) is 5.26 Å². The maximum Gasteiger partial charge on any atom is 0.189 e. The smallest absolute Gasteiger partial charge is 0.189 e. The van der Waals surface area contributed by atoms with Crippen molar-refractivity contribution in [2.75, 3.05) is 31.8 Å². The molecule has 1 saturated carbocycles. The number of rotatable bonds is 8. The number of aromatic nitrogens is 2. The topological polar surface area (TPSA) is 83.3 Å². The molecule has 0 radical (unpaired) electrons. The van der Waals surface area contributed by atoms with Crippen LogP contribution in [0, 0.1) is 11.3 Å². The molecule has 1 saturated heterocycles. The van der Waals surface area contributed by atoms with Gasteiger partial charge in [0.05, 0.1) is 11.6 Å². The van der Waals surface area contributed by atoms with Crippen molar-refractivity contribution in [2.24, 2.45) is 0 Å². The van der Waals surface area contributed by atoms with Crippen molar-refractivity contribution in [3.05, 3.63) is 34.9 Å². The summed E-state index contributed by atoms with van der Waals surface area (Å²) in [4.78, 5) is 2.65. The fraction of sp³-hybridized carbons (Fsp3) is 0.577. The second-order valence-electron chi connectivity index (χ2n) is 9.35. The van der Waals surface area contributed by atoms with E-state index >= 15 is 0 Å². The predicted octanol–water partition coefficient (Wildman–Crippen LogP) is 4.31. The minimum absolute atomic E-state index is 0.146. The Morgan fingerprint density at radius 1 is 1.12 bits per heavy atom. The Hall–Kier alpha value is -2.69. The molecule has 0 bridgehead atoms. The summed E-state index contributed by atoms with van der Waals surface area (Å²) in [6.07, 6.45) is 9.47. The number of anilines is 1. The molecule has 1 aliphatic heterocycles. The van der Waals surface area contributed by atoms with Crippen molar-refractivity contribution >= 4 is 5.82 Å². The number of piperidine rings is 1. The molecule has 2 heterocycles. The number of hydrogen-bond acceptors (Lipinski definition) is 7. The van der Waals surface area contributed by atoms with E-state index in [1.165, 1.54) is 49.8 Å². The molecule has 7 heteroatoms. The van der Waals surface area contributed by atoms with Crippen molar-refractivity contribution in [3.8, 4) is 23.1 Å². The minimum Gasteiger partial charge on any atom is -0.467 e. The summed E-state index contributed by atoms with van der Waals surface area (Å²) in [5, 5.41) is 22.5. The van der Waals surface area contributed by atoms with Crippen LogP contribution in [-0.2, 0) is 17.6 Å². The van der Waals surface area contributed by atoms with Gasteiger partial charge in [0, 0.05) is 36.4 Å². The molecule has 3 aliphatic rings. The minimum atomic E-state index is 0.146. The maximum absolute atomic E-state index is 9.36. The predicted molar refractivity (Wildman–Crippen MR) is 127 cm³/mol. The number of benzene rings is 1. The van der Waals surface area contributed by atoms with Gasteiger partial charge in [-0.1, -0.05) is 0 Å². The third kappa shape index (κ3) is 4.97. The quantitative estimate of drug-likeness (QED) is 0.477. The maximum atomic E-state index is 9.36. The van der Waals surface area contributed by atoms with E-state index < -0.39 is 0 Å². The molecule has 174 valence electrons. The van der Waals surface area contributed by atoms with Crippen LogP contribution < -0.4 is 10.1 Å². The number of hydrogen-bond donors (Lipinski definition) is 1. The van der Waals surface area contributed by atoms with Crippen LogP contribution in [0.15, 0.2) is 18.2 Å². The lowest BCUT2D eigenvalue weighted by atomic mass is 9.88. The second-order valence-corrected chi connectivity index (χ2v) is 9.35. The Balaban J connectivity index is 1.44. The fourth-order valence-electron chi connectivity index (χ4n) is 5.17. The summed E-state index contributed by atoms with van der Waals surface area (Å²) in [7, 11) is 0. The van der Waals surface area contributed by atoms with Gasteiger partial charge in [-0.2, -0.15) is 5.26 Å². The molecule has 1 aromatic heterocycles. The van der Waals surface area contributed by atoms with Crippen LogP contribution in [0.4, 0.5) is 5.82 Å². The largest absolute Gasteiger partial charge is 0.467 e. The Bertz CT molecular complexity index is 1030. The van der Waals surface area contributed by atoms with Gasteiger partial charge in [0.15, 0.2) is 12.6 Å². The number of nitrogens with zero attached hydrogens (tertiary/aromatic N) is 4. The number of fused-ring (bicyclic) bond motifs is 1. The summed E-state index contributed by atoms with van der Waals surface area (Å²) in [5.74, 6) is 1.58. The number of nitriles is 1. The zero-order valence-corrected chi connectivity index (χ0v) is 19.5. The van der Waals surface area contributed by atoms with Gasteiger partial charge in [0.2, 0.25) is 0 Å². The van der Waals surface area contributed by atoms with Crippen LogP contribution in [0.25, 0.3) is 11.3 Å². The lowest BCUT2D eigenvalue weighted by Crippen LogP contribution is -2.43. The van der Waals surface area contributed by atoms with Gasteiger partial charge in [-0.25, -0.2) is 0 Å². The Kier molecular flexibility index (Phi) is 6.75. The summed E-state index contributed by atoms with van der Waals surface area (Å²) in [5.41, 5.74) is 4.87. The lowest BCUT2D eigenvalue weighted by molar-refractivity contribution is 0.0227. The van der Waals surface area contributed by atoms with Crippen molar-refractivity contribution in [2.45, 2.75) is 70.4 Å². The van der Waals surface area contributed by atoms with E-state index in [1.54, 1.807) is 6.07 Å². The Morgan fingerprint density at radius 3 is 2.76 bits per heavy atom. The first kappa shape index (κ1) is 22.1. The van der Waals surface area contributed by atoms with Crippen LogP contribution in [-0.4, -0.2) is 53.7 Å². The normalized spacial score (nSPS) is 20.7. The van der Waals surface area contributed by atoms with Crippen molar-refractivity contribution < 1.29 is 9.47 Å². The van der Waals surface area contributed by atoms with Gasteiger partial charge >= 0.3 is 0 Å². The highest BCUT2D eigenvalue weighted by Crippen LogP contribution is 2.38. The zero-order chi connectivity index (χ0) is 22.6. The molecule has 7 nitrogen and oxygen atoms in total. The van der Waals surface area contributed by atoms with Gasteiger partial charge in [0.1, 0.15) is 11.4 Å². The third-order valence-electron chi connectivity index (χ3n) is 7.01. The highest BCUT2D eigenvalue weighted by atomic mass is 16.7. The van der Waals surface area contributed by atoms with Crippen molar-refractivity contribution in [1.29, 1.82) is 5.26 Å². The molecule has 1 aromatic carbocycles. The molecule has 2 aliphatic carbocycles. The molecule has 33 heavy (non-hydrogen) atoms. The van der Waals surface area contributed by atoms with Crippen LogP contribution in [0.5, 0.6) is 5.75 Å². The first-order valence-electron chi connectivity index (χ1n) is 12.4. The van der Waals surface area contributed by atoms with E-state index in [2.05, 4.69) is 16.3 Å². The third-order valence-corrected chi connectivity index (χ3v) is 7.01. The summed E-state index contributed by atoms with van der Waals surface area (Å²) in [6.45, 7) is 4.98. The highest BCUT2D eigenvalue weighted by Gasteiger charge is 2.33. The standard InChI is InChI=1S/C26H33N5O2/c1-2-32-17-33-24-14-18(15-27)9-12-23(24)25-21-7-3-4-8-22(21)26(30-29-25)28-19-6-5-13-31(16-19)20-10-11-20/h9,12,14,19-20H,2-8,10-11,13,16-17H2,1H3,(H,28,30). The molecule has 0 amide bonds. The van der Waals surface area contributed by atoms with E-state index in [1.807, 2.05) is 19.1 Å². The molecule has 1 atom stereocenters. The average molecular weight is 448 g/mol. The number of ether oxygens (including phenoxy) is 2. The highest BCUT2D eigenvalue weighted by molar-refractivity contribution is 5.74. The van der Waals surface area contributed by atoms with Gasteiger partial charge in [0.25, 0.3) is 0 Å². The summed E-state index contributed by atoms with van der Waals surface area (Å²) in [6, 6.07) is 8.96. The number of nitrogens with one attached hydrogen (secondary N) is 1. The van der Waals surface area contributed by atoms with Crippen LogP contribution in [0.2, 0.25) is 0 Å². The summed E-state index contributed by atoms with van der Waals surface area (Å²) < 4.78 is 11.3. The average Bonchev–Trinajstić information content (AvgIpc) is 3.71. The molecule has 2 fully saturated rings. The first-order chi connectivity index (χ1) is 16.3. The molecule has 1 unspecified atom stereocenters. The van der Waals surface area contributed by atoms with E-state index in [0.717, 1.165) is 48.9 Å². The van der Waals surface area contributed by atoms with Gasteiger partial charge in [-0.05, 0) is 88.6 Å². The van der Waals surface area contributed by atoms with E-state index in [0.29, 0.717) is 24.0 Å². The zero-order valence-electron chi connectivity index (χ0n) is 19.5. The fourth-order valence-corrected chi connectivity index (χ4v) is 5.17. The Labute approximate surface area is 196 Å². The molecule has 2 aromatic rings. The molecule has 1 N–H and O–H groups in total. The molecular formula is C26H33N5O2. The SMILES string of the molecule is CCOCOc1cc(C#N)ccc1-c1nnc(NC2CCCN(C3CC3)C2)c2c1CCCC2. The van der Waals surface area contributed by atoms with Gasteiger partial charge in [-0.3, -0.25) is 4.90 Å². The van der Waals surface area contributed by atoms with Crippen LogP contribution >= 0.6 is 0 Å². The Morgan fingerprint density at radius 2 is 1.97 bits per heavy atom. The lowest BCUT2D eigenvalue weighted by Gasteiger charge is -2.34.